The fraction of sp³-hybridized carbons (Fsp3) is 1.00. The second-order valence-corrected chi connectivity index (χ2v) is 3.83. The van der Waals surface area contributed by atoms with Gasteiger partial charge in [-0.25, -0.2) is 0 Å². The van der Waals surface area contributed by atoms with Crippen molar-refractivity contribution in [2.45, 2.75) is 33.2 Å². The predicted octanol–water partition coefficient (Wildman–Crippen LogP) is 1.89. The van der Waals surface area contributed by atoms with Crippen LogP contribution in [0.4, 0.5) is 0 Å². The molecule has 0 radical (unpaired) electrons. The van der Waals surface area contributed by atoms with Gasteiger partial charge < -0.3 is 5.32 Å². The van der Waals surface area contributed by atoms with Crippen LogP contribution in [0, 0.1) is 17.8 Å². The highest BCUT2D eigenvalue weighted by Crippen LogP contribution is 2.35. The zero-order chi connectivity index (χ0) is 7.72. The molecule has 1 heteroatoms. The summed E-state index contributed by atoms with van der Waals surface area (Å²) in [6.07, 6.45) is 1.36. The molecule has 0 bridgehead atoms. The minimum Gasteiger partial charge on any atom is -0.317 e. The number of nitrogens with one attached hydrogen (secondary N) is 1. The number of rotatable bonds is 1. The lowest BCUT2D eigenvalue weighted by Crippen LogP contribution is -2.28. The van der Waals surface area contributed by atoms with E-state index in [1.807, 2.05) is 0 Å². The van der Waals surface area contributed by atoms with Crippen LogP contribution in [0.15, 0.2) is 0 Å². The molecule has 0 amide bonds. The Balaban J connectivity index is 2.53. The molecule has 10 heavy (non-hydrogen) atoms. The molecule has 1 N–H and O–H groups in total. The van der Waals surface area contributed by atoms with Gasteiger partial charge in [0.1, 0.15) is 0 Å². The van der Waals surface area contributed by atoms with Gasteiger partial charge in [0.15, 0.2) is 0 Å². The van der Waals surface area contributed by atoms with Crippen LogP contribution in [0.3, 0.4) is 0 Å². The van der Waals surface area contributed by atoms with Crippen LogP contribution in [0.25, 0.3) is 0 Å². The maximum Gasteiger partial charge on any atom is 0.00949 e. The van der Waals surface area contributed by atoms with Gasteiger partial charge in [-0.1, -0.05) is 20.8 Å². The SMILES string of the molecule is CNC1CC(C)C(C)C1C. The molecule has 0 aromatic carbocycles. The van der Waals surface area contributed by atoms with Gasteiger partial charge >= 0.3 is 0 Å². The Morgan fingerprint density at radius 2 is 1.70 bits per heavy atom. The molecule has 0 aromatic heterocycles. The van der Waals surface area contributed by atoms with Crippen molar-refractivity contribution in [2.24, 2.45) is 17.8 Å². The van der Waals surface area contributed by atoms with Crippen LogP contribution in [0.2, 0.25) is 0 Å². The topological polar surface area (TPSA) is 12.0 Å². The number of hydrogen-bond acceptors (Lipinski definition) is 1. The Morgan fingerprint density at radius 3 is 1.90 bits per heavy atom. The molecule has 0 heterocycles. The van der Waals surface area contributed by atoms with Gasteiger partial charge in [-0.2, -0.15) is 0 Å². The third-order valence-electron chi connectivity index (χ3n) is 3.36. The van der Waals surface area contributed by atoms with Crippen LogP contribution in [-0.2, 0) is 0 Å². The van der Waals surface area contributed by atoms with Crippen LogP contribution >= 0.6 is 0 Å². The third-order valence-corrected chi connectivity index (χ3v) is 3.36. The van der Waals surface area contributed by atoms with Crippen molar-refractivity contribution in [3.63, 3.8) is 0 Å². The van der Waals surface area contributed by atoms with E-state index in [-0.39, 0.29) is 0 Å². The van der Waals surface area contributed by atoms with Crippen LogP contribution in [0.1, 0.15) is 27.2 Å². The average molecular weight is 141 g/mol. The fourth-order valence-electron chi connectivity index (χ4n) is 2.10. The first-order valence-corrected chi connectivity index (χ1v) is 4.34. The summed E-state index contributed by atoms with van der Waals surface area (Å²) in [5.41, 5.74) is 0. The lowest BCUT2D eigenvalue weighted by molar-refractivity contribution is 0.357. The molecule has 0 saturated heterocycles. The first-order valence-electron chi connectivity index (χ1n) is 4.34. The van der Waals surface area contributed by atoms with Crippen molar-refractivity contribution in [1.82, 2.24) is 5.32 Å². The van der Waals surface area contributed by atoms with Crippen molar-refractivity contribution in [3.05, 3.63) is 0 Å². The summed E-state index contributed by atoms with van der Waals surface area (Å²) in [7, 11) is 2.08. The Bertz CT molecular complexity index is 111. The molecule has 0 spiro atoms. The van der Waals surface area contributed by atoms with Gasteiger partial charge in [-0.3, -0.25) is 0 Å². The maximum absolute atomic E-state index is 3.37. The summed E-state index contributed by atoms with van der Waals surface area (Å²) in [4.78, 5) is 0. The van der Waals surface area contributed by atoms with Gasteiger partial charge in [0.2, 0.25) is 0 Å². The van der Waals surface area contributed by atoms with E-state index in [9.17, 15) is 0 Å². The monoisotopic (exact) mass is 141 g/mol. The van der Waals surface area contributed by atoms with Gasteiger partial charge in [0, 0.05) is 6.04 Å². The fourth-order valence-corrected chi connectivity index (χ4v) is 2.10. The molecule has 1 nitrogen and oxygen atoms in total. The Morgan fingerprint density at radius 1 is 1.10 bits per heavy atom. The maximum atomic E-state index is 3.37. The highest BCUT2D eigenvalue weighted by atomic mass is 14.9. The van der Waals surface area contributed by atoms with Crippen molar-refractivity contribution < 1.29 is 0 Å². The highest BCUT2D eigenvalue weighted by Gasteiger charge is 2.33. The molecule has 1 saturated carbocycles. The molecule has 4 unspecified atom stereocenters. The van der Waals surface area contributed by atoms with E-state index < -0.39 is 0 Å². The smallest absolute Gasteiger partial charge is 0.00949 e. The molecule has 1 aliphatic rings. The molecular weight excluding hydrogens is 122 g/mol. The largest absolute Gasteiger partial charge is 0.317 e. The zero-order valence-corrected chi connectivity index (χ0v) is 7.52. The van der Waals surface area contributed by atoms with E-state index in [4.69, 9.17) is 0 Å². The quantitative estimate of drug-likeness (QED) is 0.588. The number of hydrogen-bond donors (Lipinski definition) is 1. The Kier molecular flexibility index (Phi) is 2.35. The first-order chi connectivity index (χ1) is 4.66. The van der Waals surface area contributed by atoms with Gasteiger partial charge in [-0.15, -0.1) is 0 Å². The molecule has 1 fully saturated rings. The summed E-state index contributed by atoms with van der Waals surface area (Å²) in [5, 5.41) is 3.37. The van der Waals surface area contributed by atoms with Crippen molar-refractivity contribution >= 4 is 0 Å². The average Bonchev–Trinajstić information content (AvgIpc) is 2.17. The highest BCUT2D eigenvalue weighted by molar-refractivity contribution is 4.87. The first kappa shape index (κ1) is 8.06. The second kappa shape index (κ2) is 2.91. The summed E-state index contributed by atoms with van der Waals surface area (Å²) in [6.45, 7) is 7.08. The molecule has 1 rings (SSSR count). The lowest BCUT2D eigenvalue weighted by Gasteiger charge is -2.17. The molecule has 0 aromatic rings. The van der Waals surface area contributed by atoms with Gasteiger partial charge in [-0.05, 0) is 31.2 Å². The second-order valence-electron chi connectivity index (χ2n) is 3.83. The van der Waals surface area contributed by atoms with Crippen molar-refractivity contribution in [3.8, 4) is 0 Å². The summed E-state index contributed by atoms with van der Waals surface area (Å²) < 4.78 is 0. The van der Waals surface area contributed by atoms with E-state index in [0.29, 0.717) is 0 Å². The van der Waals surface area contributed by atoms with Gasteiger partial charge in [0.05, 0.1) is 0 Å². The van der Waals surface area contributed by atoms with E-state index in [2.05, 4.69) is 33.1 Å². The third kappa shape index (κ3) is 1.20. The van der Waals surface area contributed by atoms with Crippen LogP contribution in [0.5, 0.6) is 0 Å². The van der Waals surface area contributed by atoms with Crippen molar-refractivity contribution in [2.75, 3.05) is 7.05 Å². The molecule has 0 aliphatic heterocycles. The minimum absolute atomic E-state index is 0.769. The predicted molar refractivity (Wildman–Crippen MR) is 45.0 cm³/mol. The normalized spacial score (nSPS) is 48.0. The minimum atomic E-state index is 0.769. The molecule has 60 valence electrons. The van der Waals surface area contributed by atoms with Crippen molar-refractivity contribution in [1.29, 1.82) is 0 Å². The van der Waals surface area contributed by atoms with E-state index in [1.54, 1.807) is 0 Å². The van der Waals surface area contributed by atoms with E-state index >= 15 is 0 Å². The van der Waals surface area contributed by atoms with Gasteiger partial charge in [0.25, 0.3) is 0 Å². The lowest BCUT2D eigenvalue weighted by atomic mass is 9.93. The molecular formula is C9H19N. The van der Waals surface area contributed by atoms with E-state index in [0.717, 1.165) is 23.8 Å². The summed E-state index contributed by atoms with van der Waals surface area (Å²) in [6, 6.07) is 0.769. The van der Waals surface area contributed by atoms with Crippen LogP contribution in [-0.4, -0.2) is 13.1 Å². The summed E-state index contributed by atoms with van der Waals surface area (Å²) >= 11 is 0. The molecule has 1 aliphatic carbocycles. The Hall–Kier alpha value is -0.0400. The standard InChI is InChI=1S/C9H19N/c1-6-5-9(10-4)8(3)7(6)2/h6-10H,5H2,1-4H3. The molecule has 4 atom stereocenters. The van der Waals surface area contributed by atoms with Crippen LogP contribution < -0.4 is 5.32 Å². The summed E-state index contributed by atoms with van der Waals surface area (Å²) in [5.74, 6) is 2.67. The zero-order valence-electron chi connectivity index (χ0n) is 7.52. The Labute approximate surface area is 64.2 Å². The van der Waals surface area contributed by atoms with E-state index in [1.165, 1.54) is 6.42 Å².